The van der Waals surface area contributed by atoms with Crippen LogP contribution in [0.3, 0.4) is 0 Å². The van der Waals surface area contributed by atoms with Crippen molar-refractivity contribution in [1.82, 2.24) is 5.32 Å². The fraction of sp³-hybridized carbons (Fsp3) is 0.923. The predicted octanol–water partition coefficient (Wildman–Crippen LogP) is 2.12. The van der Waals surface area contributed by atoms with Crippen LogP contribution in [-0.4, -0.2) is 36.9 Å². The molecule has 3 N–H and O–H groups in total. The number of alkyl halides is 3. The lowest BCUT2D eigenvalue weighted by molar-refractivity contribution is -0.188. The predicted molar refractivity (Wildman–Crippen MR) is 69.1 cm³/mol. The van der Waals surface area contributed by atoms with E-state index in [0.29, 0.717) is 19.3 Å². The van der Waals surface area contributed by atoms with Crippen LogP contribution in [0.15, 0.2) is 0 Å². The molecule has 118 valence electrons. The fourth-order valence-corrected chi connectivity index (χ4v) is 2.39. The minimum Gasteiger partial charge on any atom is -0.369 e. The molecule has 0 aromatic carbocycles. The molecule has 7 heteroatoms. The molecule has 1 aliphatic carbocycles. The Morgan fingerprint density at radius 1 is 1.45 bits per heavy atom. The van der Waals surface area contributed by atoms with E-state index in [9.17, 15) is 18.0 Å². The maximum atomic E-state index is 12.1. The summed E-state index contributed by atoms with van der Waals surface area (Å²) in [5, 5.41) is 2.81. The van der Waals surface area contributed by atoms with Crippen LogP contribution in [0.1, 0.15) is 45.4 Å². The van der Waals surface area contributed by atoms with Crippen molar-refractivity contribution < 1.29 is 22.7 Å². The first-order valence-corrected chi connectivity index (χ1v) is 7.06. The van der Waals surface area contributed by atoms with E-state index in [-0.39, 0.29) is 11.9 Å². The van der Waals surface area contributed by atoms with E-state index in [1.807, 2.05) is 6.92 Å². The lowest BCUT2D eigenvalue weighted by Gasteiger charge is -2.30. The third-order valence-electron chi connectivity index (χ3n) is 3.39. The Morgan fingerprint density at radius 2 is 2.15 bits per heavy atom. The highest BCUT2D eigenvalue weighted by molar-refractivity contribution is 5.81. The van der Waals surface area contributed by atoms with E-state index in [1.165, 1.54) is 0 Å². The van der Waals surface area contributed by atoms with Gasteiger partial charge < -0.3 is 15.8 Å². The molecule has 0 aromatic rings. The standard InChI is InChI=1S/C13H23F3N2O2/c1-2-4-11(17)12(19)18-9-5-3-6-10(7-9)20-8-13(14,15)16/h9-11H,2-8,17H2,1H3,(H,18,19)/t9?,10?,11-/m0/s1. The Hall–Kier alpha value is -0.820. The van der Waals surface area contributed by atoms with Crippen molar-refractivity contribution in [3.63, 3.8) is 0 Å². The topological polar surface area (TPSA) is 64.4 Å². The number of carbonyl (C=O) groups excluding carboxylic acids is 1. The number of rotatable bonds is 6. The summed E-state index contributed by atoms with van der Waals surface area (Å²) in [6.45, 7) is 0.711. The minimum atomic E-state index is -4.31. The first kappa shape index (κ1) is 17.2. The van der Waals surface area contributed by atoms with Crippen LogP contribution >= 0.6 is 0 Å². The van der Waals surface area contributed by atoms with E-state index in [1.54, 1.807) is 0 Å². The van der Waals surface area contributed by atoms with Gasteiger partial charge in [0.05, 0.1) is 12.1 Å². The Labute approximate surface area is 117 Å². The molecular weight excluding hydrogens is 273 g/mol. The molecule has 0 spiro atoms. The van der Waals surface area contributed by atoms with Crippen LogP contribution in [0.5, 0.6) is 0 Å². The van der Waals surface area contributed by atoms with Gasteiger partial charge in [-0.15, -0.1) is 0 Å². The van der Waals surface area contributed by atoms with Gasteiger partial charge in [-0.3, -0.25) is 4.79 Å². The van der Waals surface area contributed by atoms with E-state index < -0.39 is 24.9 Å². The smallest absolute Gasteiger partial charge is 0.369 e. The maximum Gasteiger partial charge on any atom is 0.411 e. The Kier molecular flexibility index (Phi) is 6.75. The molecule has 0 aliphatic heterocycles. The van der Waals surface area contributed by atoms with Gasteiger partial charge in [0.15, 0.2) is 0 Å². The summed E-state index contributed by atoms with van der Waals surface area (Å²) in [4.78, 5) is 11.8. The molecule has 0 bridgehead atoms. The maximum absolute atomic E-state index is 12.1. The molecule has 1 amide bonds. The van der Waals surface area contributed by atoms with Crippen LogP contribution in [0.4, 0.5) is 13.2 Å². The monoisotopic (exact) mass is 296 g/mol. The average Bonchev–Trinajstić information content (AvgIpc) is 2.36. The number of halogens is 3. The Bertz CT molecular complexity index is 310. The Morgan fingerprint density at radius 3 is 2.75 bits per heavy atom. The van der Waals surface area contributed by atoms with Crippen molar-refractivity contribution in [2.75, 3.05) is 6.61 Å². The second kappa shape index (κ2) is 7.83. The number of nitrogens with two attached hydrogens (primary N) is 1. The average molecular weight is 296 g/mol. The lowest BCUT2D eigenvalue weighted by Crippen LogP contribution is -2.47. The molecule has 1 rings (SSSR count). The van der Waals surface area contributed by atoms with Crippen molar-refractivity contribution in [1.29, 1.82) is 0 Å². The zero-order valence-electron chi connectivity index (χ0n) is 11.7. The fourth-order valence-electron chi connectivity index (χ4n) is 2.39. The number of carbonyl (C=O) groups is 1. The van der Waals surface area contributed by atoms with Gasteiger partial charge in [-0.05, 0) is 32.1 Å². The molecule has 0 heterocycles. The van der Waals surface area contributed by atoms with Gasteiger partial charge in [0.2, 0.25) is 5.91 Å². The third-order valence-corrected chi connectivity index (χ3v) is 3.39. The number of hydrogen-bond donors (Lipinski definition) is 2. The third kappa shape index (κ3) is 6.56. The van der Waals surface area contributed by atoms with Crippen molar-refractivity contribution >= 4 is 5.91 Å². The number of amides is 1. The highest BCUT2D eigenvalue weighted by Gasteiger charge is 2.31. The zero-order chi connectivity index (χ0) is 15.2. The highest BCUT2D eigenvalue weighted by atomic mass is 19.4. The first-order chi connectivity index (χ1) is 9.31. The second-order valence-corrected chi connectivity index (χ2v) is 5.32. The van der Waals surface area contributed by atoms with Crippen LogP contribution < -0.4 is 11.1 Å². The SMILES string of the molecule is CCC[C@H](N)C(=O)NC1CCCC(OCC(F)(F)F)C1. The second-order valence-electron chi connectivity index (χ2n) is 5.32. The normalized spacial score (nSPS) is 25.2. The number of ether oxygens (including phenoxy) is 1. The summed E-state index contributed by atoms with van der Waals surface area (Å²) < 4.78 is 41.2. The molecule has 1 saturated carbocycles. The number of nitrogens with one attached hydrogen (secondary N) is 1. The van der Waals surface area contributed by atoms with Gasteiger partial charge in [0.1, 0.15) is 6.61 Å². The zero-order valence-corrected chi connectivity index (χ0v) is 11.7. The molecule has 0 radical (unpaired) electrons. The van der Waals surface area contributed by atoms with E-state index >= 15 is 0 Å². The van der Waals surface area contributed by atoms with Crippen LogP contribution in [0, 0.1) is 0 Å². The molecule has 20 heavy (non-hydrogen) atoms. The van der Waals surface area contributed by atoms with Crippen LogP contribution in [0.2, 0.25) is 0 Å². The van der Waals surface area contributed by atoms with Crippen LogP contribution in [-0.2, 0) is 9.53 Å². The van der Waals surface area contributed by atoms with Gasteiger partial charge in [0, 0.05) is 6.04 Å². The molecule has 2 unspecified atom stereocenters. The quantitative estimate of drug-likeness (QED) is 0.789. The Balaban J connectivity index is 2.35. The van der Waals surface area contributed by atoms with E-state index in [0.717, 1.165) is 19.3 Å². The number of hydrogen-bond acceptors (Lipinski definition) is 3. The van der Waals surface area contributed by atoms with E-state index in [2.05, 4.69) is 5.32 Å². The van der Waals surface area contributed by atoms with Crippen molar-refractivity contribution in [3.8, 4) is 0 Å². The van der Waals surface area contributed by atoms with Gasteiger partial charge in [-0.1, -0.05) is 13.3 Å². The summed E-state index contributed by atoms with van der Waals surface area (Å²) >= 11 is 0. The summed E-state index contributed by atoms with van der Waals surface area (Å²) in [6.07, 6.45) is -0.807. The molecule has 3 atom stereocenters. The molecule has 1 aliphatic rings. The lowest BCUT2D eigenvalue weighted by atomic mass is 9.92. The van der Waals surface area contributed by atoms with Gasteiger partial charge in [-0.25, -0.2) is 0 Å². The molecule has 1 fully saturated rings. The molecule has 0 saturated heterocycles. The van der Waals surface area contributed by atoms with Crippen molar-refractivity contribution in [3.05, 3.63) is 0 Å². The molecule has 4 nitrogen and oxygen atoms in total. The summed E-state index contributed by atoms with van der Waals surface area (Å²) in [5.41, 5.74) is 5.70. The highest BCUT2D eigenvalue weighted by Crippen LogP contribution is 2.24. The summed E-state index contributed by atoms with van der Waals surface area (Å²) in [6, 6.07) is -0.686. The van der Waals surface area contributed by atoms with Crippen molar-refractivity contribution in [2.45, 2.75) is 69.8 Å². The summed E-state index contributed by atoms with van der Waals surface area (Å²) in [7, 11) is 0. The first-order valence-electron chi connectivity index (χ1n) is 7.06. The van der Waals surface area contributed by atoms with Gasteiger partial charge in [0.25, 0.3) is 0 Å². The minimum absolute atomic E-state index is 0.141. The van der Waals surface area contributed by atoms with Gasteiger partial charge in [-0.2, -0.15) is 13.2 Å². The summed E-state index contributed by atoms with van der Waals surface area (Å²) in [5.74, 6) is -0.228. The molecule has 0 aromatic heterocycles. The van der Waals surface area contributed by atoms with Crippen molar-refractivity contribution in [2.24, 2.45) is 5.73 Å². The largest absolute Gasteiger partial charge is 0.411 e. The van der Waals surface area contributed by atoms with Crippen LogP contribution in [0.25, 0.3) is 0 Å². The molecular formula is C13H23F3N2O2. The van der Waals surface area contributed by atoms with E-state index in [4.69, 9.17) is 10.5 Å². The van der Waals surface area contributed by atoms with Gasteiger partial charge >= 0.3 is 6.18 Å².